The first-order chi connectivity index (χ1) is 9.67. The average Bonchev–Trinajstić information content (AvgIpc) is 2.49. The summed E-state index contributed by atoms with van der Waals surface area (Å²) < 4.78 is 18.6. The van der Waals surface area contributed by atoms with Crippen LogP contribution >= 0.6 is 0 Å². The lowest BCUT2D eigenvalue weighted by Crippen LogP contribution is -2.46. The van der Waals surface area contributed by atoms with Crippen LogP contribution in [0.4, 0.5) is 4.39 Å². The highest BCUT2D eigenvalue weighted by atomic mass is 19.1. The van der Waals surface area contributed by atoms with Crippen molar-refractivity contribution in [3.8, 4) is 5.75 Å². The zero-order chi connectivity index (χ0) is 14.5. The summed E-state index contributed by atoms with van der Waals surface area (Å²) in [7, 11) is 1.41. The minimum absolute atomic E-state index is 0.110. The molecule has 0 spiro atoms. The van der Waals surface area contributed by atoms with Crippen molar-refractivity contribution in [3.05, 3.63) is 29.6 Å². The summed E-state index contributed by atoms with van der Waals surface area (Å²) in [6.07, 6.45) is 1.89. The lowest BCUT2D eigenvalue weighted by molar-refractivity contribution is 0.0655. The number of rotatable bonds is 4. The molecule has 110 valence electrons. The fraction of sp³-hybridized carbons (Fsp3) is 0.533. The van der Waals surface area contributed by atoms with Crippen LogP contribution < -0.4 is 10.1 Å². The van der Waals surface area contributed by atoms with E-state index in [9.17, 15) is 9.18 Å². The number of hydrogen-bond donors (Lipinski definition) is 1. The Morgan fingerprint density at radius 3 is 2.70 bits per heavy atom. The van der Waals surface area contributed by atoms with E-state index in [1.807, 2.05) is 11.8 Å². The van der Waals surface area contributed by atoms with E-state index in [0.717, 1.165) is 25.9 Å². The summed E-state index contributed by atoms with van der Waals surface area (Å²) >= 11 is 0. The molecule has 1 aromatic carbocycles. The van der Waals surface area contributed by atoms with Crippen LogP contribution in [0.2, 0.25) is 0 Å². The maximum atomic E-state index is 13.7. The zero-order valence-corrected chi connectivity index (χ0v) is 12.0. The van der Waals surface area contributed by atoms with Gasteiger partial charge in [0.05, 0.1) is 7.11 Å². The number of carbonyl (C=O) groups excluding carboxylic acids is 1. The topological polar surface area (TPSA) is 41.6 Å². The van der Waals surface area contributed by atoms with Crippen molar-refractivity contribution in [2.45, 2.75) is 25.8 Å². The van der Waals surface area contributed by atoms with Crippen molar-refractivity contribution < 1.29 is 13.9 Å². The molecule has 20 heavy (non-hydrogen) atoms. The van der Waals surface area contributed by atoms with E-state index in [2.05, 4.69) is 5.32 Å². The van der Waals surface area contributed by atoms with Crippen LogP contribution in [0.1, 0.15) is 30.1 Å². The minimum atomic E-state index is -0.500. The van der Waals surface area contributed by atoms with Gasteiger partial charge >= 0.3 is 0 Å². The molecule has 1 aliphatic rings. The predicted molar refractivity (Wildman–Crippen MR) is 75.6 cm³/mol. The Labute approximate surface area is 118 Å². The van der Waals surface area contributed by atoms with Gasteiger partial charge in [-0.3, -0.25) is 4.79 Å². The van der Waals surface area contributed by atoms with E-state index < -0.39 is 5.82 Å². The largest absolute Gasteiger partial charge is 0.494 e. The van der Waals surface area contributed by atoms with Crippen molar-refractivity contribution in [2.75, 3.05) is 26.7 Å². The van der Waals surface area contributed by atoms with Gasteiger partial charge in [-0.15, -0.1) is 0 Å². The fourth-order valence-corrected chi connectivity index (χ4v) is 2.65. The maximum absolute atomic E-state index is 13.7. The highest BCUT2D eigenvalue weighted by Crippen LogP contribution is 2.21. The van der Waals surface area contributed by atoms with Crippen LogP contribution in [0, 0.1) is 5.82 Å². The second-order valence-electron chi connectivity index (χ2n) is 4.92. The van der Waals surface area contributed by atoms with Gasteiger partial charge in [-0.05, 0) is 51.1 Å². The summed E-state index contributed by atoms with van der Waals surface area (Å²) in [5, 5.41) is 3.28. The molecule has 5 heteroatoms. The third-order valence-electron chi connectivity index (χ3n) is 3.75. The number of hydrogen-bond acceptors (Lipinski definition) is 3. The molecule has 0 bridgehead atoms. The molecular formula is C15H21FN2O2. The summed E-state index contributed by atoms with van der Waals surface area (Å²) in [5.41, 5.74) is 0.378. The lowest BCUT2D eigenvalue weighted by atomic mass is 10.0. The molecule has 4 nitrogen and oxygen atoms in total. The van der Waals surface area contributed by atoms with Crippen molar-refractivity contribution >= 4 is 5.91 Å². The molecule has 1 amide bonds. The Kier molecular flexibility index (Phi) is 4.95. The molecule has 0 saturated carbocycles. The Hall–Kier alpha value is -1.62. The van der Waals surface area contributed by atoms with E-state index in [1.165, 1.54) is 19.2 Å². The molecule has 0 aliphatic carbocycles. The van der Waals surface area contributed by atoms with Gasteiger partial charge in [0.15, 0.2) is 11.6 Å². The molecule has 0 atom stereocenters. The van der Waals surface area contributed by atoms with Gasteiger partial charge in [0.1, 0.15) is 0 Å². The first-order valence-corrected chi connectivity index (χ1v) is 7.02. The van der Waals surface area contributed by atoms with Gasteiger partial charge in [-0.25, -0.2) is 4.39 Å². The van der Waals surface area contributed by atoms with Crippen LogP contribution in [-0.4, -0.2) is 43.6 Å². The summed E-state index contributed by atoms with van der Waals surface area (Å²) in [6, 6.07) is 4.61. The molecular weight excluding hydrogens is 259 g/mol. The van der Waals surface area contributed by atoms with Crippen LogP contribution in [0.5, 0.6) is 5.75 Å². The van der Waals surface area contributed by atoms with Crippen LogP contribution in [-0.2, 0) is 0 Å². The first kappa shape index (κ1) is 14.8. The second-order valence-corrected chi connectivity index (χ2v) is 4.92. The molecule has 1 fully saturated rings. The molecule has 1 heterocycles. The van der Waals surface area contributed by atoms with Gasteiger partial charge in [0.2, 0.25) is 0 Å². The number of piperidine rings is 1. The van der Waals surface area contributed by atoms with E-state index in [4.69, 9.17) is 4.74 Å². The minimum Gasteiger partial charge on any atom is -0.494 e. The number of carbonyl (C=O) groups is 1. The van der Waals surface area contributed by atoms with E-state index in [1.54, 1.807) is 6.07 Å². The van der Waals surface area contributed by atoms with Crippen LogP contribution in [0.3, 0.4) is 0 Å². The quantitative estimate of drug-likeness (QED) is 0.918. The Morgan fingerprint density at radius 2 is 2.15 bits per heavy atom. The number of amides is 1. The van der Waals surface area contributed by atoms with E-state index in [0.29, 0.717) is 12.1 Å². The normalized spacial score (nSPS) is 15.9. The van der Waals surface area contributed by atoms with Gasteiger partial charge in [0, 0.05) is 18.2 Å². The standard InChI is InChI=1S/C15H21FN2O2/c1-3-18(12-6-8-17-9-7-12)15(19)11-4-5-14(20-2)13(16)10-11/h4-5,10,12,17H,3,6-9H2,1-2H3. The SMILES string of the molecule is CCN(C(=O)c1ccc(OC)c(F)c1)C1CCNCC1. The zero-order valence-electron chi connectivity index (χ0n) is 12.0. The molecule has 1 aliphatic heterocycles. The maximum Gasteiger partial charge on any atom is 0.254 e. The van der Waals surface area contributed by atoms with Crippen molar-refractivity contribution in [2.24, 2.45) is 0 Å². The molecule has 1 aromatic rings. The highest BCUT2D eigenvalue weighted by Gasteiger charge is 2.25. The summed E-state index contributed by atoms with van der Waals surface area (Å²) in [6.45, 7) is 4.44. The Balaban J connectivity index is 2.17. The van der Waals surface area contributed by atoms with Gasteiger partial charge in [0.25, 0.3) is 5.91 Å². The molecule has 1 N–H and O–H groups in total. The number of halogens is 1. The number of nitrogens with one attached hydrogen (secondary N) is 1. The molecule has 0 aromatic heterocycles. The highest BCUT2D eigenvalue weighted by molar-refractivity contribution is 5.94. The van der Waals surface area contributed by atoms with Gasteiger partial charge in [-0.1, -0.05) is 0 Å². The van der Waals surface area contributed by atoms with Crippen molar-refractivity contribution in [3.63, 3.8) is 0 Å². The Morgan fingerprint density at radius 1 is 1.45 bits per heavy atom. The van der Waals surface area contributed by atoms with Gasteiger partial charge in [-0.2, -0.15) is 0 Å². The number of nitrogens with zero attached hydrogens (tertiary/aromatic N) is 1. The monoisotopic (exact) mass is 280 g/mol. The second kappa shape index (κ2) is 6.70. The number of methoxy groups -OCH3 is 1. The average molecular weight is 280 g/mol. The predicted octanol–water partition coefficient (Wildman–Crippen LogP) is 2.05. The third-order valence-corrected chi connectivity index (χ3v) is 3.75. The van der Waals surface area contributed by atoms with E-state index in [-0.39, 0.29) is 17.7 Å². The third kappa shape index (κ3) is 3.10. The molecule has 2 rings (SSSR count). The molecule has 0 radical (unpaired) electrons. The number of ether oxygens (including phenoxy) is 1. The lowest BCUT2D eigenvalue weighted by Gasteiger charge is -2.34. The number of benzene rings is 1. The summed E-state index contributed by atoms with van der Waals surface area (Å²) in [4.78, 5) is 14.4. The van der Waals surface area contributed by atoms with Crippen molar-refractivity contribution in [1.29, 1.82) is 0 Å². The van der Waals surface area contributed by atoms with Crippen LogP contribution in [0.25, 0.3) is 0 Å². The van der Waals surface area contributed by atoms with Gasteiger partial charge < -0.3 is 15.0 Å². The van der Waals surface area contributed by atoms with Crippen LogP contribution in [0.15, 0.2) is 18.2 Å². The smallest absolute Gasteiger partial charge is 0.254 e. The van der Waals surface area contributed by atoms with Crippen molar-refractivity contribution in [1.82, 2.24) is 10.2 Å². The molecule has 0 unspecified atom stereocenters. The fourth-order valence-electron chi connectivity index (χ4n) is 2.65. The summed E-state index contributed by atoms with van der Waals surface area (Å²) in [5.74, 6) is -0.452. The molecule has 1 saturated heterocycles. The Bertz CT molecular complexity index is 473. The van der Waals surface area contributed by atoms with E-state index >= 15 is 0 Å². The first-order valence-electron chi connectivity index (χ1n) is 7.02.